The summed E-state index contributed by atoms with van der Waals surface area (Å²) in [5.74, 6) is 0. The monoisotopic (exact) mass is 248 g/mol. The highest BCUT2D eigenvalue weighted by Gasteiger charge is 2.05. The minimum atomic E-state index is -0.342. The van der Waals surface area contributed by atoms with Crippen molar-refractivity contribution in [3.63, 3.8) is 0 Å². The molecule has 1 heterocycles. The van der Waals surface area contributed by atoms with Gasteiger partial charge in [0.25, 0.3) is 0 Å². The van der Waals surface area contributed by atoms with Gasteiger partial charge in [-0.1, -0.05) is 30.3 Å². The van der Waals surface area contributed by atoms with Crippen LogP contribution in [0.25, 0.3) is 0 Å². The topological polar surface area (TPSA) is 45.1 Å². The van der Waals surface area contributed by atoms with E-state index in [0.29, 0.717) is 13.0 Å². The molecule has 0 aliphatic rings. The number of hydrogen-bond donors (Lipinski definition) is 2. The van der Waals surface area contributed by atoms with Crippen LogP contribution >= 0.6 is 11.3 Å². The first-order valence-electron chi connectivity index (χ1n) is 5.64. The molecule has 0 bridgehead atoms. The first-order chi connectivity index (χ1) is 8.34. The molecular formula is C13H16N2OS. The van der Waals surface area contributed by atoms with E-state index in [1.807, 2.05) is 42.0 Å². The maximum Gasteiger partial charge on any atom is 0.0794 e. The summed E-state index contributed by atoms with van der Waals surface area (Å²) in [6.07, 6.45) is 2.20. The fourth-order valence-electron chi connectivity index (χ4n) is 1.65. The molecule has 1 aromatic carbocycles. The van der Waals surface area contributed by atoms with Gasteiger partial charge in [-0.3, -0.25) is 4.98 Å². The fraction of sp³-hybridized carbons (Fsp3) is 0.308. The van der Waals surface area contributed by atoms with Gasteiger partial charge in [0.1, 0.15) is 0 Å². The third kappa shape index (κ3) is 4.26. The van der Waals surface area contributed by atoms with Crippen LogP contribution in [-0.4, -0.2) is 22.7 Å². The summed E-state index contributed by atoms with van der Waals surface area (Å²) in [5, 5.41) is 13.1. The number of nitrogens with one attached hydrogen (secondary N) is 1. The zero-order valence-electron chi connectivity index (χ0n) is 9.54. The molecule has 0 aliphatic carbocycles. The normalized spacial score (nSPS) is 12.5. The minimum Gasteiger partial charge on any atom is -0.391 e. The van der Waals surface area contributed by atoms with Crippen LogP contribution in [0, 0.1) is 0 Å². The van der Waals surface area contributed by atoms with Crippen molar-refractivity contribution in [2.75, 3.05) is 6.54 Å². The van der Waals surface area contributed by atoms with Gasteiger partial charge in [-0.15, -0.1) is 11.3 Å². The molecule has 2 aromatic rings. The molecule has 0 spiro atoms. The number of rotatable bonds is 6. The first kappa shape index (κ1) is 12.2. The Labute approximate surface area is 105 Å². The Morgan fingerprint density at radius 3 is 2.82 bits per heavy atom. The summed E-state index contributed by atoms with van der Waals surface area (Å²) in [4.78, 5) is 5.20. The van der Waals surface area contributed by atoms with Crippen LogP contribution in [-0.2, 0) is 13.0 Å². The van der Waals surface area contributed by atoms with Gasteiger partial charge in [-0.05, 0) is 12.0 Å². The van der Waals surface area contributed by atoms with Crippen molar-refractivity contribution in [1.29, 1.82) is 0 Å². The van der Waals surface area contributed by atoms with Gasteiger partial charge in [-0.2, -0.15) is 0 Å². The molecule has 0 fully saturated rings. The lowest BCUT2D eigenvalue weighted by molar-refractivity contribution is 0.171. The van der Waals surface area contributed by atoms with E-state index < -0.39 is 0 Å². The average molecular weight is 248 g/mol. The van der Waals surface area contributed by atoms with E-state index >= 15 is 0 Å². The molecule has 4 heteroatoms. The summed E-state index contributed by atoms with van der Waals surface area (Å²) in [6, 6.07) is 10.0. The summed E-state index contributed by atoms with van der Waals surface area (Å²) in [6.45, 7) is 1.38. The third-order valence-corrected chi connectivity index (χ3v) is 3.26. The minimum absolute atomic E-state index is 0.342. The highest BCUT2D eigenvalue weighted by molar-refractivity contribution is 7.09. The van der Waals surface area contributed by atoms with Gasteiger partial charge >= 0.3 is 0 Å². The number of aromatic nitrogens is 1. The van der Waals surface area contributed by atoms with Crippen LogP contribution in [0.2, 0.25) is 0 Å². The highest BCUT2D eigenvalue weighted by Crippen LogP contribution is 2.05. The predicted molar refractivity (Wildman–Crippen MR) is 70.0 cm³/mol. The lowest BCUT2D eigenvalue weighted by Gasteiger charge is -2.11. The lowest BCUT2D eigenvalue weighted by Crippen LogP contribution is -2.27. The van der Waals surface area contributed by atoms with Gasteiger partial charge in [0.15, 0.2) is 0 Å². The van der Waals surface area contributed by atoms with Crippen molar-refractivity contribution < 1.29 is 5.11 Å². The predicted octanol–water partition coefficient (Wildman–Crippen LogP) is 1.84. The Hall–Kier alpha value is -1.23. The molecule has 0 saturated heterocycles. The molecule has 0 radical (unpaired) electrons. The molecule has 1 atom stereocenters. The SMILES string of the molecule is OC(CNCc1cncs1)Cc1ccccc1. The van der Waals surface area contributed by atoms with Gasteiger partial charge in [0, 0.05) is 24.2 Å². The molecule has 2 rings (SSSR count). The average Bonchev–Trinajstić information content (AvgIpc) is 2.83. The first-order valence-corrected chi connectivity index (χ1v) is 6.52. The van der Waals surface area contributed by atoms with Crippen LogP contribution in [0.3, 0.4) is 0 Å². The molecule has 1 aromatic heterocycles. The zero-order valence-corrected chi connectivity index (χ0v) is 10.4. The molecule has 3 nitrogen and oxygen atoms in total. The molecule has 17 heavy (non-hydrogen) atoms. The van der Waals surface area contributed by atoms with Crippen molar-refractivity contribution in [2.45, 2.75) is 19.1 Å². The zero-order chi connectivity index (χ0) is 11.9. The van der Waals surface area contributed by atoms with Gasteiger partial charge in [-0.25, -0.2) is 0 Å². The smallest absolute Gasteiger partial charge is 0.0794 e. The maximum absolute atomic E-state index is 9.86. The van der Waals surface area contributed by atoms with Crippen molar-refractivity contribution in [2.24, 2.45) is 0 Å². The van der Waals surface area contributed by atoms with Gasteiger partial charge < -0.3 is 10.4 Å². The van der Waals surface area contributed by atoms with Crippen LogP contribution in [0.15, 0.2) is 42.0 Å². The second-order valence-corrected chi connectivity index (χ2v) is 4.91. The Morgan fingerprint density at radius 1 is 1.29 bits per heavy atom. The third-order valence-electron chi connectivity index (χ3n) is 2.48. The largest absolute Gasteiger partial charge is 0.391 e. The molecule has 90 valence electrons. The Bertz CT molecular complexity index is 416. The number of aliphatic hydroxyl groups excluding tert-OH is 1. The molecule has 2 N–H and O–H groups in total. The lowest BCUT2D eigenvalue weighted by atomic mass is 10.1. The van der Waals surface area contributed by atoms with Crippen molar-refractivity contribution >= 4 is 11.3 Å². The summed E-state index contributed by atoms with van der Waals surface area (Å²) < 4.78 is 0. The van der Waals surface area contributed by atoms with Gasteiger partial charge in [0.2, 0.25) is 0 Å². The number of hydrogen-bond acceptors (Lipinski definition) is 4. The van der Waals surface area contributed by atoms with E-state index in [0.717, 1.165) is 6.54 Å². The molecule has 0 aliphatic heterocycles. The van der Waals surface area contributed by atoms with Crippen LogP contribution < -0.4 is 5.32 Å². The Morgan fingerprint density at radius 2 is 2.12 bits per heavy atom. The van der Waals surface area contributed by atoms with E-state index in [4.69, 9.17) is 0 Å². The second-order valence-electron chi connectivity index (χ2n) is 3.94. The second kappa shape index (κ2) is 6.49. The Kier molecular flexibility index (Phi) is 4.67. The van der Waals surface area contributed by atoms with E-state index in [2.05, 4.69) is 10.3 Å². The van der Waals surface area contributed by atoms with E-state index in [1.54, 1.807) is 11.3 Å². The molecular weight excluding hydrogens is 232 g/mol. The van der Waals surface area contributed by atoms with Crippen molar-refractivity contribution in [3.05, 3.63) is 52.5 Å². The van der Waals surface area contributed by atoms with Crippen LogP contribution in [0.5, 0.6) is 0 Å². The van der Waals surface area contributed by atoms with Crippen LogP contribution in [0.1, 0.15) is 10.4 Å². The standard InChI is InChI=1S/C13H16N2OS/c16-12(6-11-4-2-1-3-5-11)7-14-8-13-9-15-10-17-13/h1-5,9-10,12,14,16H,6-8H2. The van der Waals surface area contributed by atoms with Crippen molar-refractivity contribution in [1.82, 2.24) is 10.3 Å². The highest BCUT2D eigenvalue weighted by atomic mass is 32.1. The number of benzene rings is 1. The molecule has 0 amide bonds. The van der Waals surface area contributed by atoms with E-state index in [9.17, 15) is 5.11 Å². The molecule has 1 unspecified atom stereocenters. The Balaban J connectivity index is 1.69. The quantitative estimate of drug-likeness (QED) is 0.820. The summed E-state index contributed by atoms with van der Waals surface area (Å²) >= 11 is 1.62. The maximum atomic E-state index is 9.86. The van der Waals surface area contributed by atoms with Gasteiger partial charge in [0.05, 0.1) is 11.6 Å². The van der Waals surface area contributed by atoms with E-state index in [-0.39, 0.29) is 6.10 Å². The number of nitrogens with zero attached hydrogens (tertiary/aromatic N) is 1. The molecule has 0 saturated carbocycles. The number of thiazole rings is 1. The van der Waals surface area contributed by atoms with E-state index in [1.165, 1.54) is 10.4 Å². The summed E-state index contributed by atoms with van der Waals surface area (Å²) in [7, 11) is 0. The van der Waals surface area contributed by atoms with Crippen molar-refractivity contribution in [3.8, 4) is 0 Å². The summed E-state index contributed by atoms with van der Waals surface area (Å²) in [5.41, 5.74) is 2.98. The van der Waals surface area contributed by atoms with Crippen LogP contribution in [0.4, 0.5) is 0 Å². The number of aliphatic hydroxyl groups is 1. The fourth-order valence-corrected chi connectivity index (χ4v) is 2.21.